The number of ether oxygens (including phenoxy) is 1. The van der Waals surface area contributed by atoms with Gasteiger partial charge in [-0.1, -0.05) is 6.07 Å². The van der Waals surface area contributed by atoms with Crippen LogP contribution in [0.2, 0.25) is 0 Å². The van der Waals surface area contributed by atoms with E-state index >= 15 is 0 Å². The van der Waals surface area contributed by atoms with Crippen molar-refractivity contribution < 1.29 is 9.53 Å². The van der Waals surface area contributed by atoms with Crippen LogP contribution < -0.4 is 10.6 Å². The number of rotatable bonds is 5. The molecule has 2 amide bonds. The lowest BCUT2D eigenvalue weighted by Crippen LogP contribution is -2.36. The first kappa shape index (κ1) is 14.4. The van der Waals surface area contributed by atoms with Gasteiger partial charge < -0.3 is 19.9 Å². The molecule has 0 bridgehead atoms. The summed E-state index contributed by atoms with van der Waals surface area (Å²) in [7, 11) is 3.64. The van der Waals surface area contributed by atoms with Gasteiger partial charge in [-0.25, -0.2) is 4.79 Å². The van der Waals surface area contributed by atoms with Crippen LogP contribution in [0, 0.1) is 0 Å². The van der Waals surface area contributed by atoms with Crippen LogP contribution in [0.1, 0.15) is 13.3 Å². The zero-order chi connectivity index (χ0) is 14.5. The Balaban J connectivity index is 1.97. The lowest BCUT2D eigenvalue weighted by molar-refractivity contribution is 0.185. The van der Waals surface area contributed by atoms with Crippen LogP contribution in [0.25, 0.3) is 10.9 Å². The van der Waals surface area contributed by atoms with Crippen LogP contribution in [-0.4, -0.2) is 30.4 Å². The summed E-state index contributed by atoms with van der Waals surface area (Å²) >= 11 is 0. The summed E-state index contributed by atoms with van der Waals surface area (Å²) in [6.07, 6.45) is 2.79. The van der Waals surface area contributed by atoms with Crippen molar-refractivity contribution in [3.05, 3.63) is 30.5 Å². The molecule has 0 fully saturated rings. The smallest absolute Gasteiger partial charge is 0.319 e. The first-order valence-corrected chi connectivity index (χ1v) is 6.71. The SMILES string of the molecule is COCC[C@@H](C)NC(=O)Nc1ccc2ccn(C)c2c1. The fourth-order valence-electron chi connectivity index (χ4n) is 2.10. The second-order valence-electron chi connectivity index (χ2n) is 4.98. The van der Waals surface area contributed by atoms with Gasteiger partial charge in [0.1, 0.15) is 0 Å². The van der Waals surface area contributed by atoms with Crippen LogP contribution in [-0.2, 0) is 11.8 Å². The molecule has 2 rings (SSSR count). The Labute approximate surface area is 118 Å². The van der Waals surface area contributed by atoms with E-state index in [0.29, 0.717) is 6.61 Å². The van der Waals surface area contributed by atoms with Gasteiger partial charge in [0.25, 0.3) is 0 Å². The summed E-state index contributed by atoms with van der Waals surface area (Å²) < 4.78 is 7.02. The average Bonchev–Trinajstić information content (AvgIpc) is 2.78. The van der Waals surface area contributed by atoms with E-state index in [-0.39, 0.29) is 12.1 Å². The number of aryl methyl sites for hydroxylation is 1. The van der Waals surface area contributed by atoms with Crippen molar-refractivity contribution in [2.75, 3.05) is 19.0 Å². The van der Waals surface area contributed by atoms with Crippen LogP contribution >= 0.6 is 0 Å². The molecule has 0 aliphatic carbocycles. The maximum Gasteiger partial charge on any atom is 0.319 e. The molecule has 20 heavy (non-hydrogen) atoms. The number of aromatic nitrogens is 1. The van der Waals surface area contributed by atoms with E-state index in [1.165, 1.54) is 0 Å². The number of hydrogen-bond acceptors (Lipinski definition) is 2. The molecular formula is C15H21N3O2. The summed E-state index contributed by atoms with van der Waals surface area (Å²) in [4.78, 5) is 11.9. The Morgan fingerprint density at radius 3 is 2.95 bits per heavy atom. The molecule has 5 nitrogen and oxygen atoms in total. The summed E-state index contributed by atoms with van der Waals surface area (Å²) in [6, 6.07) is 7.80. The summed E-state index contributed by atoms with van der Waals surface area (Å²) in [6.45, 7) is 2.59. The predicted molar refractivity (Wildman–Crippen MR) is 81.0 cm³/mol. The van der Waals surface area contributed by atoms with Crippen molar-refractivity contribution >= 4 is 22.6 Å². The molecule has 2 N–H and O–H groups in total. The molecule has 0 saturated carbocycles. The average molecular weight is 275 g/mol. The number of amides is 2. The first-order valence-electron chi connectivity index (χ1n) is 6.71. The van der Waals surface area contributed by atoms with Crippen LogP contribution in [0.4, 0.5) is 10.5 Å². The van der Waals surface area contributed by atoms with Crippen LogP contribution in [0.5, 0.6) is 0 Å². The third-order valence-electron chi connectivity index (χ3n) is 3.28. The molecule has 2 aromatic rings. The normalized spacial score (nSPS) is 12.3. The molecule has 108 valence electrons. The van der Waals surface area contributed by atoms with Gasteiger partial charge in [0.15, 0.2) is 0 Å². The quantitative estimate of drug-likeness (QED) is 0.881. The number of nitrogens with zero attached hydrogens (tertiary/aromatic N) is 1. The Morgan fingerprint density at radius 2 is 2.20 bits per heavy atom. The van der Waals surface area contributed by atoms with Gasteiger partial charge in [-0.15, -0.1) is 0 Å². The third kappa shape index (κ3) is 3.51. The Bertz CT molecular complexity index is 592. The molecule has 1 atom stereocenters. The molecular weight excluding hydrogens is 254 g/mol. The minimum atomic E-state index is -0.192. The van der Waals surface area contributed by atoms with Crippen molar-refractivity contribution in [3.8, 4) is 0 Å². The van der Waals surface area contributed by atoms with E-state index in [4.69, 9.17) is 4.74 Å². The summed E-state index contributed by atoms with van der Waals surface area (Å²) in [5.74, 6) is 0. The zero-order valence-corrected chi connectivity index (χ0v) is 12.1. The zero-order valence-electron chi connectivity index (χ0n) is 12.1. The number of methoxy groups -OCH3 is 1. The standard InChI is InChI=1S/C15H21N3O2/c1-11(7-9-20-3)16-15(19)17-13-5-4-12-6-8-18(2)14(12)10-13/h4-6,8,10-11H,7,9H2,1-3H3,(H2,16,17,19)/t11-/m1/s1. The molecule has 0 spiro atoms. The molecule has 0 aliphatic rings. The highest BCUT2D eigenvalue weighted by Gasteiger charge is 2.08. The largest absolute Gasteiger partial charge is 0.385 e. The number of urea groups is 1. The second-order valence-corrected chi connectivity index (χ2v) is 4.98. The number of anilines is 1. The predicted octanol–water partition coefficient (Wildman–Crippen LogP) is 2.72. The van der Waals surface area contributed by atoms with Gasteiger partial charge in [-0.05, 0) is 36.9 Å². The minimum Gasteiger partial charge on any atom is -0.385 e. The molecule has 0 aliphatic heterocycles. The van der Waals surface area contributed by atoms with Gasteiger partial charge in [0.05, 0.1) is 0 Å². The van der Waals surface area contributed by atoms with E-state index in [2.05, 4.69) is 10.6 Å². The van der Waals surface area contributed by atoms with E-state index in [1.54, 1.807) is 7.11 Å². The molecule has 1 aromatic carbocycles. The van der Waals surface area contributed by atoms with Crippen molar-refractivity contribution in [3.63, 3.8) is 0 Å². The van der Waals surface area contributed by atoms with E-state index in [9.17, 15) is 4.79 Å². The lowest BCUT2D eigenvalue weighted by atomic mass is 10.2. The molecule has 0 saturated heterocycles. The molecule has 5 heteroatoms. The Hall–Kier alpha value is -2.01. The minimum absolute atomic E-state index is 0.0775. The third-order valence-corrected chi connectivity index (χ3v) is 3.28. The first-order chi connectivity index (χ1) is 9.60. The maximum atomic E-state index is 11.9. The molecule has 0 unspecified atom stereocenters. The topological polar surface area (TPSA) is 55.3 Å². The number of hydrogen-bond donors (Lipinski definition) is 2. The van der Waals surface area contributed by atoms with Crippen molar-refractivity contribution in [2.24, 2.45) is 7.05 Å². The Morgan fingerprint density at radius 1 is 1.40 bits per heavy atom. The van der Waals surface area contributed by atoms with Gasteiger partial charge in [-0.2, -0.15) is 0 Å². The number of carbonyl (C=O) groups excluding carboxylic acids is 1. The number of fused-ring (bicyclic) bond motifs is 1. The van der Waals surface area contributed by atoms with E-state index < -0.39 is 0 Å². The van der Waals surface area contributed by atoms with Gasteiger partial charge in [0.2, 0.25) is 0 Å². The number of nitrogens with one attached hydrogen (secondary N) is 2. The van der Waals surface area contributed by atoms with Crippen LogP contribution in [0.15, 0.2) is 30.5 Å². The molecule has 0 radical (unpaired) electrons. The highest BCUT2D eigenvalue weighted by atomic mass is 16.5. The molecule has 1 aromatic heterocycles. The Kier molecular flexibility index (Phi) is 4.63. The highest BCUT2D eigenvalue weighted by Crippen LogP contribution is 2.19. The van der Waals surface area contributed by atoms with E-state index in [0.717, 1.165) is 23.0 Å². The van der Waals surface area contributed by atoms with Crippen molar-refractivity contribution in [2.45, 2.75) is 19.4 Å². The van der Waals surface area contributed by atoms with Crippen molar-refractivity contribution in [1.82, 2.24) is 9.88 Å². The maximum absolute atomic E-state index is 11.9. The second kappa shape index (κ2) is 6.43. The van der Waals surface area contributed by atoms with Gasteiger partial charge in [-0.3, -0.25) is 0 Å². The lowest BCUT2D eigenvalue weighted by Gasteiger charge is -2.14. The van der Waals surface area contributed by atoms with Gasteiger partial charge in [0, 0.05) is 44.2 Å². The monoisotopic (exact) mass is 275 g/mol. The number of carbonyl (C=O) groups is 1. The summed E-state index contributed by atoms with van der Waals surface area (Å²) in [5.41, 5.74) is 1.88. The van der Waals surface area contributed by atoms with Crippen molar-refractivity contribution in [1.29, 1.82) is 0 Å². The summed E-state index contributed by atoms with van der Waals surface area (Å²) in [5, 5.41) is 6.90. The fraction of sp³-hybridized carbons (Fsp3) is 0.400. The van der Waals surface area contributed by atoms with Gasteiger partial charge >= 0.3 is 6.03 Å². The molecule has 1 heterocycles. The fourth-order valence-corrected chi connectivity index (χ4v) is 2.10. The number of benzene rings is 1. The highest BCUT2D eigenvalue weighted by molar-refractivity contribution is 5.92. The van der Waals surface area contributed by atoms with E-state index in [1.807, 2.05) is 49.0 Å². The van der Waals surface area contributed by atoms with Crippen LogP contribution in [0.3, 0.4) is 0 Å².